The number of nitrogens with zero attached hydrogens (tertiary/aromatic N) is 1. The minimum atomic E-state index is -1.37. The zero-order chi connectivity index (χ0) is 26.3. The Kier molecular flexibility index (Phi) is 7.50. The largest absolute Gasteiger partial charge is 0.465 e. The maximum Gasteiger partial charge on any atom is 0.405 e. The van der Waals surface area contributed by atoms with Crippen LogP contribution in [-0.2, 0) is 23.9 Å². The highest BCUT2D eigenvalue weighted by Gasteiger charge is 2.69. The summed E-state index contributed by atoms with van der Waals surface area (Å²) in [5.41, 5.74) is -0.780. The van der Waals surface area contributed by atoms with Gasteiger partial charge in [-0.05, 0) is 57.8 Å². The lowest BCUT2D eigenvalue weighted by Gasteiger charge is -2.36. The van der Waals surface area contributed by atoms with Crippen molar-refractivity contribution in [3.8, 4) is 0 Å². The maximum absolute atomic E-state index is 13.6. The van der Waals surface area contributed by atoms with Crippen molar-refractivity contribution in [2.75, 3.05) is 13.1 Å². The molecule has 196 valence electrons. The molecule has 2 saturated heterocycles. The molecule has 0 radical (unpaired) electrons. The van der Waals surface area contributed by atoms with Gasteiger partial charge in [0.2, 0.25) is 17.7 Å². The highest BCUT2D eigenvalue weighted by molar-refractivity contribution is 5.94. The molecule has 11 heteroatoms. The molecule has 1 aliphatic carbocycles. The van der Waals surface area contributed by atoms with Gasteiger partial charge in [-0.3, -0.25) is 14.4 Å². The monoisotopic (exact) mass is 494 g/mol. The number of fused-ring (bicyclic) bond motifs is 1. The van der Waals surface area contributed by atoms with Crippen molar-refractivity contribution < 1.29 is 33.8 Å². The number of carbonyl (C=O) groups is 5. The number of carboxylic acid groups (broad SMARTS) is 1. The van der Waals surface area contributed by atoms with E-state index in [0.29, 0.717) is 25.8 Å². The molecule has 3 aliphatic rings. The highest BCUT2D eigenvalue weighted by Crippen LogP contribution is 2.64. The smallest absolute Gasteiger partial charge is 0.405 e. The van der Waals surface area contributed by atoms with Gasteiger partial charge in [0.15, 0.2) is 0 Å². The van der Waals surface area contributed by atoms with E-state index in [0.717, 1.165) is 0 Å². The van der Waals surface area contributed by atoms with Gasteiger partial charge in [0.05, 0.1) is 17.7 Å². The van der Waals surface area contributed by atoms with Gasteiger partial charge >= 0.3 is 6.09 Å². The number of amides is 4. The normalized spacial score (nSPS) is 29.4. The lowest BCUT2D eigenvalue weighted by Crippen LogP contribution is -2.60. The van der Waals surface area contributed by atoms with E-state index < -0.39 is 47.7 Å². The number of hydrogen-bond acceptors (Lipinski definition) is 6. The van der Waals surface area contributed by atoms with Crippen LogP contribution >= 0.6 is 0 Å². The fourth-order valence-electron chi connectivity index (χ4n) is 5.72. The van der Waals surface area contributed by atoms with Crippen LogP contribution in [0.4, 0.5) is 4.79 Å². The molecule has 2 aliphatic heterocycles. The molecule has 0 aromatic carbocycles. The molecular formula is C24H38N4O7. The zero-order valence-corrected chi connectivity index (χ0v) is 21.3. The summed E-state index contributed by atoms with van der Waals surface area (Å²) in [7, 11) is 0. The van der Waals surface area contributed by atoms with Gasteiger partial charge in [-0.1, -0.05) is 13.8 Å². The molecule has 2 heterocycles. The Balaban J connectivity index is 1.79. The quantitative estimate of drug-likeness (QED) is 0.341. The van der Waals surface area contributed by atoms with Crippen LogP contribution in [0, 0.1) is 23.2 Å². The Morgan fingerprint density at radius 2 is 1.94 bits per heavy atom. The van der Waals surface area contributed by atoms with E-state index in [1.807, 2.05) is 13.8 Å². The van der Waals surface area contributed by atoms with Crippen LogP contribution in [0.1, 0.15) is 54.4 Å². The molecule has 0 unspecified atom stereocenters. The second kappa shape index (κ2) is 9.75. The first-order valence-corrected chi connectivity index (χ1v) is 12.2. The van der Waals surface area contributed by atoms with E-state index >= 15 is 0 Å². The summed E-state index contributed by atoms with van der Waals surface area (Å²) in [5.74, 6) is -1.52. The second-order valence-electron chi connectivity index (χ2n) is 11.5. The summed E-state index contributed by atoms with van der Waals surface area (Å²) < 4.78 is 5.86. The summed E-state index contributed by atoms with van der Waals surface area (Å²) in [4.78, 5) is 63.6. The summed E-state index contributed by atoms with van der Waals surface area (Å²) in [6.07, 6.45) is -0.739. The van der Waals surface area contributed by atoms with Crippen molar-refractivity contribution in [3.05, 3.63) is 0 Å². The highest BCUT2D eigenvalue weighted by atomic mass is 16.5. The van der Waals surface area contributed by atoms with Crippen LogP contribution in [0.15, 0.2) is 0 Å². The fourth-order valence-corrected chi connectivity index (χ4v) is 5.72. The Morgan fingerprint density at radius 1 is 1.29 bits per heavy atom. The van der Waals surface area contributed by atoms with Crippen LogP contribution in [0.3, 0.4) is 0 Å². The minimum Gasteiger partial charge on any atom is -0.465 e. The molecule has 0 aromatic heterocycles. The van der Waals surface area contributed by atoms with Crippen LogP contribution in [-0.4, -0.2) is 83.0 Å². The van der Waals surface area contributed by atoms with Crippen LogP contribution in [0.25, 0.3) is 0 Å². The minimum absolute atomic E-state index is 0.0850. The molecule has 0 aromatic rings. The fraction of sp³-hybridized carbons (Fsp3) is 0.792. The number of likely N-dealkylation sites (tertiary alicyclic amines) is 1. The van der Waals surface area contributed by atoms with Crippen molar-refractivity contribution >= 4 is 30.1 Å². The summed E-state index contributed by atoms with van der Waals surface area (Å²) in [6, 6.07) is -2.90. The van der Waals surface area contributed by atoms with Crippen LogP contribution in [0.5, 0.6) is 0 Å². The zero-order valence-electron chi connectivity index (χ0n) is 21.3. The molecule has 0 bridgehead atoms. The molecular weight excluding hydrogens is 456 g/mol. The van der Waals surface area contributed by atoms with Gasteiger partial charge in [0.1, 0.15) is 18.4 Å². The lowest BCUT2D eigenvalue weighted by atomic mass is 9.97. The van der Waals surface area contributed by atoms with Crippen molar-refractivity contribution in [2.24, 2.45) is 23.2 Å². The molecule has 4 amide bonds. The lowest BCUT2D eigenvalue weighted by molar-refractivity contribution is -0.147. The Bertz CT molecular complexity index is 884. The van der Waals surface area contributed by atoms with Gasteiger partial charge in [0, 0.05) is 19.0 Å². The van der Waals surface area contributed by atoms with Gasteiger partial charge < -0.3 is 35.5 Å². The third-order valence-electron chi connectivity index (χ3n) is 7.51. The number of hydrogen-bond donors (Lipinski definition) is 4. The first-order chi connectivity index (χ1) is 16.2. The van der Waals surface area contributed by atoms with E-state index in [-0.39, 0.29) is 35.5 Å². The van der Waals surface area contributed by atoms with Crippen molar-refractivity contribution in [3.63, 3.8) is 0 Å². The molecule has 1 saturated carbocycles. The van der Waals surface area contributed by atoms with E-state index in [4.69, 9.17) is 4.74 Å². The average Bonchev–Trinajstić information content (AvgIpc) is 3.09. The Hall–Kier alpha value is -2.69. The predicted molar refractivity (Wildman–Crippen MR) is 125 cm³/mol. The summed E-state index contributed by atoms with van der Waals surface area (Å²) >= 11 is 0. The third kappa shape index (κ3) is 5.76. The molecule has 11 nitrogen and oxygen atoms in total. The molecule has 4 N–H and O–H groups in total. The van der Waals surface area contributed by atoms with Gasteiger partial charge in [-0.2, -0.15) is 0 Å². The van der Waals surface area contributed by atoms with E-state index in [1.165, 1.54) is 4.90 Å². The van der Waals surface area contributed by atoms with Crippen molar-refractivity contribution in [1.82, 2.24) is 20.9 Å². The Labute approximate surface area is 205 Å². The molecule has 0 spiro atoms. The van der Waals surface area contributed by atoms with Crippen molar-refractivity contribution in [1.29, 1.82) is 0 Å². The second-order valence-corrected chi connectivity index (χ2v) is 11.5. The number of ether oxygens (including phenoxy) is 1. The average molecular weight is 495 g/mol. The number of carbonyl (C=O) groups excluding carboxylic acids is 4. The van der Waals surface area contributed by atoms with Crippen LogP contribution in [0.2, 0.25) is 0 Å². The summed E-state index contributed by atoms with van der Waals surface area (Å²) in [6.45, 7) is 11.9. The summed E-state index contributed by atoms with van der Waals surface area (Å²) in [5, 5.41) is 17.1. The van der Waals surface area contributed by atoms with Crippen molar-refractivity contribution in [2.45, 2.75) is 84.2 Å². The van der Waals surface area contributed by atoms with Gasteiger partial charge in [-0.25, -0.2) is 4.79 Å². The first kappa shape index (κ1) is 26.9. The van der Waals surface area contributed by atoms with Gasteiger partial charge in [-0.15, -0.1) is 0 Å². The molecule has 3 rings (SSSR count). The predicted octanol–water partition coefficient (Wildman–Crippen LogP) is 0.519. The molecule has 3 fully saturated rings. The first-order valence-electron chi connectivity index (χ1n) is 12.2. The van der Waals surface area contributed by atoms with Gasteiger partial charge in [0.25, 0.3) is 0 Å². The molecule has 35 heavy (non-hydrogen) atoms. The van der Waals surface area contributed by atoms with E-state index in [1.54, 1.807) is 27.7 Å². The van der Waals surface area contributed by atoms with E-state index in [9.17, 15) is 29.1 Å². The number of piperidine rings is 1. The topological polar surface area (TPSA) is 154 Å². The van der Waals surface area contributed by atoms with E-state index in [2.05, 4.69) is 16.0 Å². The SMILES string of the molecule is C[C@@H](OC(C)(C)C)[C@H](NC(=O)O)C(=O)N1C[C@H]2[C@@H]([C@H]1C(=O)N[C@H](C=O)C[C@@H]1CCNC1=O)C2(C)C. The Morgan fingerprint density at radius 3 is 2.46 bits per heavy atom. The number of nitrogens with one attached hydrogen (secondary N) is 3. The number of rotatable bonds is 9. The standard InChI is InChI=1S/C24H38N4O7/c1-12(35-23(2,3)4)17(27-22(33)34)21(32)28-10-15-16(24(15,5)6)18(28)20(31)26-14(11-29)9-13-7-8-25-19(13)30/h11-18,27H,7-10H2,1-6H3,(H,25,30)(H,26,31)(H,33,34)/t12-,13+,14+,15+,16+,17+,18+/m1/s1. The molecule has 7 atom stereocenters. The van der Waals surface area contributed by atoms with Crippen LogP contribution < -0.4 is 16.0 Å². The maximum atomic E-state index is 13.6. The third-order valence-corrected chi connectivity index (χ3v) is 7.51. The number of aldehydes is 1.